The Morgan fingerprint density at radius 1 is 1.06 bits per heavy atom. The number of likely N-dealkylation sites (tertiary alicyclic amines) is 1. The fourth-order valence-electron chi connectivity index (χ4n) is 6.73. The molecule has 0 bridgehead atoms. The molecule has 2 amide bonds. The molecular weight excluding hydrogens is 440 g/mol. The van der Waals surface area contributed by atoms with Crippen LogP contribution < -0.4 is 0 Å². The van der Waals surface area contributed by atoms with Crippen molar-refractivity contribution < 1.29 is 24.2 Å². The molecule has 7 nitrogen and oxygen atoms in total. The number of ether oxygens (including phenoxy) is 1. The van der Waals surface area contributed by atoms with Crippen molar-refractivity contribution in [2.45, 2.75) is 73.4 Å². The molecule has 33 heavy (non-hydrogen) atoms. The number of unbranched alkanes of at least 4 members (excludes halogenated alkanes) is 1. The molecular formula is C25H34N2O5S. The first-order valence-corrected chi connectivity index (χ1v) is 13.2. The van der Waals surface area contributed by atoms with Crippen LogP contribution in [-0.2, 0) is 19.1 Å². The van der Waals surface area contributed by atoms with Crippen molar-refractivity contribution in [2.24, 2.45) is 11.8 Å². The molecule has 3 fully saturated rings. The Bertz CT molecular complexity index is 884. The van der Waals surface area contributed by atoms with E-state index in [1.54, 1.807) is 16.7 Å². The minimum atomic E-state index is -0.795. The highest BCUT2D eigenvalue weighted by Gasteiger charge is 2.74. The summed E-state index contributed by atoms with van der Waals surface area (Å²) < 4.78 is 4.06. The van der Waals surface area contributed by atoms with Gasteiger partial charge in [0, 0.05) is 30.5 Å². The van der Waals surface area contributed by atoms with Gasteiger partial charge in [-0.1, -0.05) is 37.5 Å². The minimum absolute atomic E-state index is 0.0108. The lowest BCUT2D eigenvalue weighted by atomic mass is 9.75. The standard InChI is InChI=1S/C25H34N2O5S/c1-24-11-8-16-32-23(31)19(24)18-21(29)27(13-5-6-15-28)20-22(30)26(17-9-3-2-4-10-17)14-7-12-25(18,20)33-24/h7-8,11-12,17-20,28H,2-6,9-10,13-16H2,1H3/t18-,19+,20?,24-,25-/m0/s1. The number of hydrogen-bond acceptors (Lipinski definition) is 6. The summed E-state index contributed by atoms with van der Waals surface area (Å²) in [6.45, 7) is 3.23. The van der Waals surface area contributed by atoms with E-state index >= 15 is 0 Å². The number of aliphatic hydroxyl groups is 1. The first-order valence-electron chi connectivity index (χ1n) is 12.4. The van der Waals surface area contributed by atoms with Gasteiger partial charge in [-0.25, -0.2) is 0 Å². The average Bonchev–Trinajstić information content (AvgIpc) is 3.05. The molecule has 4 heterocycles. The number of fused-ring (bicyclic) bond motifs is 2. The van der Waals surface area contributed by atoms with Gasteiger partial charge in [-0.15, -0.1) is 11.8 Å². The summed E-state index contributed by atoms with van der Waals surface area (Å²) in [6.07, 6.45) is 14.7. The van der Waals surface area contributed by atoms with E-state index in [2.05, 4.69) is 12.2 Å². The van der Waals surface area contributed by atoms with E-state index in [4.69, 9.17) is 4.74 Å². The van der Waals surface area contributed by atoms with E-state index in [-0.39, 0.29) is 37.0 Å². The Morgan fingerprint density at radius 2 is 1.85 bits per heavy atom. The third-order valence-corrected chi connectivity index (χ3v) is 9.96. The van der Waals surface area contributed by atoms with E-state index < -0.39 is 27.4 Å². The SMILES string of the molecule is C[C@]12C=CCOC(=O)[C@H]1[C@H]1C(=O)N(CCCCO)C3C(=O)N(C4CCCCC4)CC=C[C@@]31S2. The number of rotatable bonds is 5. The molecule has 5 atom stereocenters. The number of thioether (sulfide) groups is 1. The number of esters is 1. The molecule has 5 aliphatic rings. The summed E-state index contributed by atoms with van der Waals surface area (Å²) >= 11 is 1.59. The van der Waals surface area contributed by atoms with E-state index in [0.717, 1.165) is 25.7 Å². The van der Waals surface area contributed by atoms with Crippen molar-refractivity contribution in [1.82, 2.24) is 9.80 Å². The van der Waals surface area contributed by atoms with E-state index in [1.165, 1.54) is 6.42 Å². The van der Waals surface area contributed by atoms with Crippen molar-refractivity contribution in [1.29, 1.82) is 0 Å². The summed E-state index contributed by atoms with van der Waals surface area (Å²) in [5.41, 5.74) is 0. The van der Waals surface area contributed by atoms with Gasteiger partial charge in [0.2, 0.25) is 11.8 Å². The third kappa shape index (κ3) is 3.55. The maximum atomic E-state index is 14.2. The quantitative estimate of drug-likeness (QED) is 0.374. The van der Waals surface area contributed by atoms with Gasteiger partial charge in [0.25, 0.3) is 0 Å². The summed E-state index contributed by atoms with van der Waals surface area (Å²) in [5, 5.41) is 9.30. The van der Waals surface area contributed by atoms with Crippen molar-refractivity contribution in [2.75, 3.05) is 26.3 Å². The van der Waals surface area contributed by atoms with Gasteiger partial charge in [0.05, 0.1) is 16.6 Å². The number of aliphatic hydroxyl groups excluding tert-OH is 1. The lowest BCUT2D eigenvalue weighted by Crippen LogP contribution is -2.55. The van der Waals surface area contributed by atoms with Gasteiger partial charge in [0.15, 0.2) is 0 Å². The molecule has 180 valence electrons. The zero-order valence-electron chi connectivity index (χ0n) is 19.3. The molecule has 1 spiro atoms. The van der Waals surface area contributed by atoms with Crippen LogP contribution in [0.2, 0.25) is 0 Å². The molecule has 0 aromatic carbocycles. The third-order valence-electron chi connectivity index (χ3n) is 8.17. The molecule has 1 unspecified atom stereocenters. The van der Waals surface area contributed by atoms with E-state index in [1.807, 2.05) is 24.0 Å². The predicted octanol–water partition coefficient (Wildman–Crippen LogP) is 2.29. The summed E-state index contributed by atoms with van der Waals surface area (Å²) in [7, 11) is 0. The van der Waals surface area contributed by atoms with Gasteiger partial charge < -0.3 is 19.6 Å². The van der Waals surface area contributed by atoms with Crippen molar-refractivity contribution in [3.8, 4) is 0 Å². The zero-order valence-corrected chi connectivity index (χ0v) is 20.1. The Hall–Kier alpha value is -1.80. The van der Waals surface area contributed by atoms with E-state index in [9.17, 15) is 19.5 Å². The lowest BCUT2D eigenvalue weighted by molar-refractivity contribution is -0.152. The first kappa shape index (κ1) is 23.0. The Morgan fingerprint density at radius 3 is 2.61 bits per heavy atom. The molecule has 0 radical (unpaired) electrons. The number of carbonyl (C=O) groups is 3. The highest BCUT2D eigenvalue weighted by atomic mass is 32.2. The van der Waals surface area contributed by atoms with Crippen LogP contribution in [0.1, 0.15) is 51.9 Å². The van der Waals surface area contributed by atoms with Crippen molar-refractivity contribution in [3.63, 3.8) is 0 Å². The highest BCUT2D eigenvalue weighted by Crippen LogP contribution is 2.65. The summed E-state index contributed by atoms with van der Waals surface area (Å²) in [6, 6.07) is -0.429. The zero-order chi connectivity index (χ0) is 23.2. The smallest absolute Gasteiger partial charge is 0.311 e. The topological polar surface area (TPSA) is 87.1 Å². The lowest BCUT2D eigenvalue weighted by Gasteiger charge is -2.40. The van der Waals surface area contributed by atoms with Gasteiger partial charge in [-0.3, -0.25) is 14.4 Å². The molecule has 1 aliphatic carbocycles. The van der Waals surface area contributed by atoms with Crippen LogP contribution in [0.25, 0.3) is 0 Å². The Balaban J connectivity index is 1.57. The predicted molar refractivity (Wildman–Crippen MR) is 125 cm³/mol. The van der Waals surface area contributed by atoms with Crippen LogP contribution in [-0.4, -0.2) is 80.6 Å². The Labute approximate surface area is 199 Å². The van der Waals surface area contributed by atoms with Crippen LogP contribution in [0.15, 0.2) is 24.3 Å². The van der Waals surface area contributed by atoms with Gasteiger partial charge in [0.1, 0.15) is 12.6 Å². The van der Waals surface area contributed by atoms with Gasteiger partial charge >= 0.3 is 5.97 Å². The fraction of sp³-hybridized carbons (Fsp3) is 0.720. The number of amides is 2. The number of hydrogen-bond donors (Lipinski definition) is 1. The minimum Gasteiger partial charge on any atom is -0.461 e. The Kier molecular flexibility index (Phi) is 6.10. The number of carbonyl (C=O) groups excluding carboxylic acids is 3. The first-order chi connectivity index (χ1) is 15.9. The molecule has 2 saturated heterocycles. The summed E-state index contributed by atoms with van der Waals surface area (Å²) in [4.78, 5) is 45.0. The maximum Gasteiger partial charge on any atom is 0.311 e. The van der Waals surface area contributed by atoms with Crippen LogP contribution in [0.5, 0.6) is 0 Å². The average molecular weight is 475 g/mol. The van der Waals surface area contributed by atoms with Crippen LogP contribution >= 0.6 is 11.8 Å². The fourth-order valence-corrected chi connectivity index (χ4v) is 8.88. The molecule has 0 aromatic rings. The molecule has 5 rings (SSSR count). The summed E-state index contributed by atoms with van der Waals surface area (Å²) in [5.74, 6) is -1.73. The van der Waals surface area contributed by atoms with Crippen molar-refractivity contribution in [3.05, 3.63) is 24.3 Å². The molecule has 8 heteroatoms. The maximum absolute atomic E-state index is 14.2. The number of nitrogens with zero attached hydrogens (tertiary/aromatic N) is 2. The monoisotopic (exact) mass is 474 g/mol. The second-order valence-electron chi connectivity index (χ2n) is 10.2. The second-order valence-corrected chi connectivity index (χ2v) is 12.0. The second kappa shape index (κ2) is 8.77. The van der Waals surface area contributed by atoms with Gasteiger partial charge in [-0.05, 0) is 38.7 Å². The normalized spacial score (nSPS) is 38.6. The largest absolute Gasteiger partial charge is 0.461 e. The van der Waals surface area contributed by atoms with Gasteiger partial charge in [-0.2, -0.15) is 0 Å². The molecule has 1 saturated carbocycles. The van der Waals surface area contributed by atoms with Crippen LogP contribution in [0.3, 0.4) is 0 Å². The molecule has 0 aromatic heterocycles. The number of cyclic esters (lactones) is 1. The highest BCUT2D eigenvalue weighted by molar-refractivity contribution is 8.02. The van der Waals surface area contributed by atoms with E-state index in [0.29, 0.717) is 25.9 Å². The van der Waals surface area contributed by atoms with Crippen LogP contribution in [0, 0.1) is 11.8 Å². The van der Waals surface area contributed by atoms with Crippen molar-refractivity contribution >= 4 is 29.5 Å². The van der Waals surface area contributed by atoms with Crippen LogP contribution in [0.4, 0.5) is 0 Å². The molecule has 4 aliphatic heterocycles. The molecule has 1 N–H and O–H groups in total.